The van der Waals surface area contributed by atoms with E-state index in [-0.39, 0.29) is 5.82 Å². The van der Waals surface area contributed by atoms with E-state index in [1.165, 1.54) is 12.1 Å². The number of aromatic nitrogens is 3. The molecule has 5 rings (SSSR count). The minimum Gasteiger partial charge on any atom is -0.377 e. The van der Waals surface area contributed by atoms with E-state index < -0.39 is 5.72 Å². The molecule has 2 aliphatic heterocycles. The molecule has 3 aromatic rings. The van der Waals surface area contributed by atoms with Crippen molar-refractivity contribution in [3.8, 4) is 5.75 Å². The second-order valence-corrected chi connectivity index (χ2v) is 7.12. The van der Waals surface area contributed by atoms with Crippen molar-refractivity contribution < 1.29 is 14.1 Å². The lowest BCUT2D eigenvalue weighted by molar-refractivity contribution is -0.00234. The molecule has 8 nitrogen and oxygen atoms in total. The number of halogens is 1. The summed E-state index contributed by atoms with van der Waals surface area (Å²) < 4.78 is 15.3. The summed E-state index contributed by atoms with van der Waals surface area (Å²) in [6, 6.07) is 4.74. The van der Waals surface area contributed by atoms with Gasteiger partial charge in [0.2, 0.25) is 5.72 Å². The topological polar surface area (TPSA) is 76.3 Å². The number of oxime groups is 1. The van der Waals surface area contributed by atoms with Crippen LogP contribution in [0, 0.1) is 12.7 Å². The van der Waals surface area contributed by atoms with Crippen molar-refractivity contribution in [1.29, 1.82) is 0 Å². The Bertz CT molecular complexity index is 1110. The zero-order chi connectivity index (χ0) is 18.8. The molecule has 1 aromatic carbocycles. The maximum atomic E-state index is 13.7. The van der Waals surface area contributed by atoms with Gasteiger partial charge >= 0.3 is 0 Å². The van der Waals surface area contributed by atoms with Gasteiger partial charge in [0.1, 0.15) is 5.82 Å². The van der Waals surface area contributed by atoms with Gasteiger partial charge in [0.25, 0.3) is 0 Å². The number of hydroxylamine groups is 1. The van der Waals surface area contributed by atoms with Crippen LogP contribution in [-0.2, 0) is 11.4 Å². The largest absolute Gasteiger partial charge is 0.377 e. The second-order valence-electron chi connectivity index (χ2n) is 7.12. The highest BCUT2D eigenvalue weighted by Crippen LogP contribution is 2.34. The molecule has 0 saturated heterocycles. The van der Waals surface area contributed by atoms with Crippen LogP contribution in [-0.4, -0.2) is 26.2 Å². The summed E-state index contributed by atoms with van der Waals surface area (Å²) in [6.45, 7) is 5.99. The quantitative estimate of drug-likeness (QED) is 0.749. The van der Waals surface area contributed by atoms with Crippen LogP contribution in [0.15, 0.2) is 35.7 Å². The molecule has 0 bridgehead atoms. The summed E-state index contributed by atoms with van der Waals surface area (Å²) in [7, 11) is 0. The first-order chi connectivity index (χ1) is 12.9. The molecule has 9 heteroatoms. The van der Waals surface area contributed by atoms with Gasteiger partial charge in [0.05, 0.1) is 18.3 Å². The first-order valence-electron chi connectivity index (χ1n) is 8.53. The van der Waals surface area contributed by atoms with E-state index in [1.807, 2.05) is 20.8 Å². The molecule has 1 N–H and O–H groups in total. The number of amidine groups is 1. The predicted octanol–water partition coefficient (Wildman–Crippen LogP) is 2.51. The average Bonchev–Trinajstić information content (AvgIpc) is 3.30. The van der Waals surface area contributed by atoms with Gasteiger partial charge in [-0.2, -0.15) is 10.2 Å². The summed E-state index contributed by atoms with van der Waals surface area (Å²) in [5.74, 6) is 1.57. The summed E-state index contributed by atoms with van der Waals surface area (Å²) in [4.78, 5) is 15.9. The number of hydrogen-bond acceptors (Lipinski definition) is 7. The third-order valence-electron chi connectivity index (χ3n) is 4.48. The van der Waals surface area contributed by atoms with Crippen LogP contribution in [0.2, 0.25) is 0 Å². The highest BCUT2D eigenvalue weighted by molar-refractivity contribution is 6.04. The lowest BCUT2D eigenvalue weighted by atomic mass is 10.1. The van der Waals surface area contributed by atoms with E-state index in [9.17, 15) is 4.39 Å². The Morgan fingerprint density at radius 3 is 2.93 bits per heavy atom. The molecule has 2 aliphatic rings. The lowest BCUT2D eigenvalue weighted by Crippen LogP contribution is -2.38. The van der Waals surface area contributed by atoms with Gasteiger partial charge in [0, 0.05) is 17.8 Å². The Hall–Kier alpha value is -3.36. The molecule has 138 valence electrons. The van der Waals surface area contributed by atoms with Crippen LogP contribution in [0.4, 0.5) is 10.2 Å². The van der Waals surface area contributed by atoms with Crippen LogP contribution in [0.5, 0.6) is 5.75 Å². The summed E-state index contributed by atoms with van der Waals surface area (Å²) >= 11 is 0. The summed E-state index contributed by atoms with van der Waals surface area (Å²) in [5.41, 5.74) is 2.30. The first-order valence-corrected chi connectivity index (χ1v) is 8.53. The van der Waals surface area contributed by atoms with Gasteiger partial charge in [-0.05, 0) is 38.5 Å². The minimum atomic E-state index is -0.581. The van der Waals surface area contributed by atoms with Gasteiger partial charge in [-0.1, -0.05) is 5.16 Å². The molecule has 0 radical (unpaired) electrons. The standard InChI is InChI=1S/C18H17FN6O2/c1-10-6-12(19)7-11-9-25(26-15(10)11)14-4-5-24-17(21-14)13(8-20-24)16-22-18(2,3)27-23-16/h4-8H,9H2,1-3H3,(H,22,23). The van der Waals surface area contributed by atoms with E-state index in [1.54, 1.807) is 28.0 Å². The van der Waals surface area contributed by atoms with Crippen LogP contribution >= 0.6 is 0 Å². The van der Waals surface area contributed by atoms with Crippen LogP contribution in [0.3, 0.4) is 0 Å². The van der Waals surface area contributed by atoms with Crippen molar-refractivity contribution in [3.05, 3.63) is 53.1 Å². The molecule has 0 aliphatic carbocycles. The van der Waals surface area contributed by atoms with Crippen molar-refractivity contribution in [2.24, 2.45) is 5.16 Å². The molecule has 0 unspecified atom stereocenters. The van der Waals surface area contributed by atoms with Crippen molar-refractivity contribution >= 4 is 17.3 Å². The SMILES string of the molecule is Cc1cc(F)cc2c1ON(c1ccn3ncc(C4=NOC(C)(C)N4)c3n1)C2. The maximum Gasteiger partial charge on any atom is 0.203 e. The lowest BCUT2D eigenvalue weighted by Gasteiger charge is -2.16. The van der Waals surface area contributed by atoms with Crippen LogP contribution < -0.4 is 15.2 Å². The third kappa shape index (κ3) is 2.54. The summed E-state index contributed by atoms with van der Waals surface area (Å²) in [6.07, 6.45) is 3.48. The van der Waals surface area contributed by atoms with Crippen molar-refractivity contribution in [1.82, 2.24) is 19.9 Å². The van der Waals surface area contributed by atoms with E-state index in [4.69, 9.17) is 9.68 Å². The molecule has 4 heterocycles. The molecule has 27 heavy (non-hydrogen) atoms. The second kappa shape index (κ2) is 5.32. The monoisotopic (exact) mass is 368 g/mol. The van der Waals surface area contributed by atoms with E-state index in [0.717, 1.165) is 16.7 Å². The zero-order valence-electron chi connectivity index (χ0n) is 15.0. The van der Waals surface area contributed by atoms with Crippen molar-refractivity contribution in [2.75, 3.05) is 5.06 Å². The molecule has 0 fully saturated rings. The molecule has 0 saturated carbocycles. The highest BCUT2D eigenvalue weighted by atomic mass is 19.1. The van der Waals surface area contributed by atoms with Gasteiger partial charge in [-0.3, -0.25) is 0 Å². The van der Waals surface area contributed by atoms with Crippen molar-refractivity contribution in [2.45, 2.75) is 33.0 Å². The van der Waals surface area contributed by atoms with E-state index in [0.29, 0.717) is 29.6 Å². The van der Waals surface area contributed by atoms with Crippen LogP contribution in [0.1, 0.15) is 30.5 Å². The zero-order valence-corrected chi connectivity index (χ0v) is 15.0. The smallest absolute Gasteiger partial charge is 0.203 e. The molecule has 0 atom stereocenters. The Labute approximate surface area is 154 Å². The number of nitrogens with zero attached hydrogens (tertiary/aromatic N) is 5. The fraction of sp³-hybridized carbons (Fsp3) is 0.278. The molecular weight excluding hydrogens is 351 g/mol. The van der Waals surface area contributed by atoms with E-state index >= 15 is 0 Å². The number of aryl methyl sites for hydroxylation is 1. The number of benzene rings is 1. The molecule has 2 aromatic heterocycles. The van der Waals surface area contributed by atoms with Gasteiger partial charge in [-0.15, -0.1) is 0 Å². The number of hydrogen-bond donors (Lipinski definition) is 1. The van der Waals surface area contributed by atoms with Crippen molar-refractivity contribution in [3.63, 3.8) is 0 Å². The molecule has 0 amide bonds. The normalized spacial score (nSPS) is 17.3. The Morgan fingerprint density at radius 2 is 2.15 bits per heavy atom. The third-order valence-corrected chi connectivity index (χ3v) is 4.48. The minimum absolute atomic E-state index is 0.272. The Kier molecular flexibility index (Phi) is 3.13. The molecule has 0 spiro atoms. The maximum absolute atomic E-state index is 13.7. The van der Waals surface area contributed by atoms with Gasteiger partial charge < -0.3 is 15.0 Å². The predicted molar refractivity (Wildman–Crippen MR) is 95.8 cm³/mol. The Morgan fingerprint density at radius 1 is 1.30 bits per heavy atom. The first kappa shape index (κ1) is 15.9. The average molecular weight is 368 g/mol. The van der Waals surface area contributed by atoms with Gasteiger partial charge in [0.15, 0.2) is 23.1 Å². The summed E-state index contributed by atoms with van der Waals surface area (Å²) in [5, 5.41) is 13.2. The van der Waals surface area contributed by atoms with E-state index in [2.05, 4.69) is 20.6 Å². The fourth-order valence-corrected chi connectivity index (χ4v) is 3.24. The fourth-order valence-electron chi connectivity index (χ4n) is 3.24. The number of nitrogens with one attached hydrogen (secondary N) is 1. The Balaban J connectivity index is 1.51. The number of anilines is 1. The molecular formula is C18H17FN6O2. The van der Waals surface area contributed by atoms with Crippen LogP contribution in [0.25, 0.3) is 5.65 Å². The van der Waals surface area contributed by atoms with Gasteiger partial charge in [-0.25, -0.2) is 13.9 Å². The number of fused-ring (bicyclic) bond motifs is 2. The number of rotatable bonds is 2. The highest BCUT2D eigenvalue weighted by Gasteiger charge is 2.31.